The van der Waals surface area contributed by atoms with E-state index in [1.54, 1.807) is 0 Å². The minimum Gasteiger partial charge on any atom is -0.454 e. The summed E-state index contributed by atoms with van der Waals surface area (Å²) in [6.45, 7) is 1.96. The number of hydrogen-bond donors (Lipinski definition) is 3. The molecule has 9 heteroatoms. The van der Waals surface area contributed by atoms with Gasteiger partial charge in [-0.25, -0.2) is 4.98 Å². The molecule has 1 aromatic heterocycles. The van der Waals surface area contributed by atoms with Crippen molar-refractivity contribution in [2.24, 2.45) is 0 Å². The van der Waals surface area contributed by atoms with Gasteiger partial charge < -0.3 is 20.2 Å². The van der Waals surface area contributed by atoms with Crippen LogP contribution in [-0.2, 0) is 16.4 Å². The number of rotatable bonds is 4. The molecule has 1 aromatic carbocycles. The average Bonchev–Trinajstić information content (AvgIpc) is 3.07. The number of anilines is 2. The van der Waals surface area contributed by atoms with Gasteiger partial charge in [-0.05, 0) is 0 Å². The number of nitrogens with zero attached hydrogens (tertiary/aromatic N) is 1. The fraction of sp³-hybridized carbons (Fsp3) is 0.250. The second-order valence-electron chi connectivity index (χ2n) is 4.45. The highest BCUT2D eigenvalue weighted by Crippen LogP contribution is 2.38. The van der Waals surface area contributed by atoms with Crippen molar-refractivity contribution in [3.63, 3.8) is 0 Å². The molecular formula is C12H14N4O4S. The molecular weight excluding hydrogens is 296 g/mol. The van der Waals surface area contributed by atoms with E-state index in [0.717, 1.165) is 0 Å². The van der Waals surface area contributed by atoms with Crippen LogP contribution in [0.1, 0.15) is 12.7 Å². The molecule has 3 rings (SSSR count). The maximum Gasteiger partial charge on any atom is 0.279 e. The molecule has 0 aliphatic carbocycles. The Hall–Kier alpha value is -2.42. The quantitative estimate of drug-likeness (QED) is 0.727. The zero-order valence-corrected chi connectivity index (χ0v) is 12.0. The van der Waals surface area contributed by atoms with Crippen LogP contribution in [0.5, 0.6) is 11.5 Å². The summed E-state index contributed by atoms with van der Waals surface area (Å²) in [5.74, 6) is 1.53. The SMILES string of the molecule is CCc1ncc(S(=O)(=O)Nc2cc3c(cc2N)OCO3)[nH]1. The molecule has 21 heavy (non-hydrogen) atoms. The van der Waals surface area contributed by atoms with Gasteiger partial charge in [0.2, 0.25) is 6.79 Å². The minimum absolute atomic E-state index is 0.0172. The lowest BCUT2D eigenvalue weighted by Crippen LogP contribution is -2.14. The van der Waals surface area contributed by atoms with Gasteiger partial charge in [-0.3, -0.25) is 4.72 Å². The lowest BCUT2D eigenvalue weighted by atomic mass is 10.2. The van der Waals surface area contributed by atoms with Crippen LogP contribution in [-0.4, -0.2) is 25.2 Å². The maximum absolute atomic E-state index is 12.3. The van der Waals surface area contributed by atoms with Gasteiger partial charge in [0.1, 0.15) is 5.82 Å². The summed E-state index contributed by atoms with van der Waals surface area (Å²) in [7, 11) is -3.79. The third-order valence-corrected chi connectivity index (χ3v) is 4.29. The Morgan fingerprint density at radius 3 is 2.76 bits per heavy atom. The Morgan fingerprint density at radius 1 is 1.38 bits per heavy atom. The van der Waals surface area contributed by atoms with Gasteiger partial charge in [-0.1, -0.05) is 6.92 Å². The Labute approximate surface area is 121 Å². The first-order valence-corrected chi connectivity index (χ1v) is 7.73. The van der Waals surface area contributed by atoms with Crippen molar-refractivity contribution in [3.05, 3.63) is 24.2 Å². The zero-order valence-electron chi connectivity index (χ0n) is 11.2. The highest BCUT2D eigenvalue weighted by atomic mass is 32.2. The van der Waals surface area contributed by atoms with E-state index in [-0.39, 0.29) is 23.2 Å². The molecule has 0 saturated carbocycles. The first kappa shape index (κ1) is 13.6. The predicted molar refractivity (Wildman–Crippen MR) is 75.8 cm³/mol. The van der Waals surface area contributed by atoms with Crippen molar-refractivity contribution >= 4 is 21.4 Å². The number of benzene rings is 1. The van der Waals surface area contributed by atoms with Crippen molar-refractivity contribution in [2.75, 3.05) is 17.2 Å². The smallest absolute Gasteiger partial charge is 0.279 e. The number of nitrogens with one attached hydrogen (secondary N) is 2. The highest BCUT2D eigenvalue weighted by Gasteiger charge is 2.21. The third-order valence-electron chi connectivity index (χ3n) is 3.02. The Balaban J connectivity index is 1.92. The first-order valence-electron chi connectivity index (χ1n) is 6.25. The Kier molecular flexibility index (Phi) is 3.13. The number of aryl methyl sites for hydroxylation is 1. The summed E-state index contributed by atoms with van der Waals surface area (Å²) in [5, 5.41) is -0.0172. The van der Waals surface area contributed by atoms with Gasteiger partial charge in [0.25, 0.3) is 10.0 Å². The van der Waals surface area contributed by atoms with Crippen molar-refractivity contribution < 1.29 is 17.9 Å². The number of aromatic amines is 1. The summed E-state index contributed by atoms with van der Waals surface area (Å²) in [5.41, 5.74) is 6.30. The fourth-order valence-electron chi connectivity index (χ4n) is 1.91. The number of ether oxygens (including phenoxy) is 2. The van der Waals surface area contributed by atoms with Crippen LogP contribution in [0.2, 0.25) is 0 Å². The molecule has 0 radical (unpaired) electrons. The topological polar surface area (TPSA) is 119 Å². The molecule has 0 spiro atoms. The Bertz CT molecular complexity index is 785. The average molecular weight is 310 g/mol. The zero-order chi connectivity index (χ0) is 15.0. The van der Waals surface area contributed by atoms with Gasteiger partial charge in [-0.2, -0.15) is 8.42 Å². The second kappa shape index (κ2) is 4.85. The molecule has 2 aromatic rings. The number of aromatic nitrogens is 2. The van der Waals surface area contributed by atoms with E-state index in [0.29, 0.717) is 23.7 Å². The van der Waals surface area contributed by atoms with Crippen molar-refractivity contribution in [1.82, 2.24) is 9.97 Å². The number of nitrogens with two attached hydrogens (primary N) is 1. The second-order valence-corrected chi connectivity index (χ2v) is 6.10. The van der Waals surface area contributed by atoms with E-state index in [1.165, 1.54) is 18.3 Å². The van der Waals surface area contributed by atoms with Crippen LogP contribution in [0, 0.1) is 0 Å². The first-order chi connectivity index (χ1) is 9.99. The highest BCUT2D eigenvalue weighted by molar-refractivity contribution is 7.92. The van der Waals surface area contributed by atoms with Gasteiger partial charge in [0.15, 0.2) is 16.5 Å². The lowest BCUT2D eigenvalue weighted by molar-refractivity contribution is 0.174. The molecule has 0 atom stereocenters. The molecule has 0 fully saturated rings. The summed E-state index contributed by atoms with van der Waals surface area (Å²) >= 11 is 0. The number of hydrogen-bond acceptors (Lipinski definition) is 6. The van der Waals surface area contributed by atoms with Gasteiger partial charge in [-0.15, -0.1) is 0 Å². The van der Waals surface area contributed by atoms with Gasteiger partial charge in [0.05, 0.1) is 17.6 Å². The minimum atomic E-state index is -3.79. The summed E-state index contributed by atoms with van der Waals surface area (Å²) in [6, 6.07) is 3.01. The summed E-state index contributed by atoms with van der Waals surface area (Å²) in [4.78, 5) is 6.71. The summed E-state index contributed by atoms with van der Waals surface area (Å²) in [6.07, 6.45) is 1.88. The number of fused-ring (bicyclic) bond motifs is 1. The molecule has 2 heterocycles. The van der Waals surface area contributed by atoms with Crippen LogP contribution in [0.4, 0.5) is 11.4 Å². The Morgan fingerprint density at radius 2 is 2.10 bits per heavy atom. The number of sulfonamides is 1. The molecule has 0 saturated heterocycles. The summed E-state index contributed by atoms with van der Waals surface area (Å²) < 4.78 is 37.3. The fourth-order valence-corrected chi connectivity index (χ4v) is 2.93. The number of H-pyrrole nitrogens is 1. The molecule has 1 aliphatic rings. The monoisotopic (exact) mass is 310 g/mol. The number of imidazole rings is 1. The molecule has 4 N–H and O–H groups in total. The van der Waals surface area contributed by atoms with Crippen molar-refractivity contribution in [3.8, 4) is 11.5 Å². The lowest BCUT2D eigenvalue weighted by Gasteiger charge is -2.10. The normalized spacial score (nSPS) is 13.4. The third kappa shape index (κ3) is 2.47. The van der Waals surface area contributed by atoms with Crippen LogP contribution in [0.3, 0.4) is 0 Å². The van der Waals surface area contributed by atoms with Crippen LogP contribution >= 0.6 is 0 Å². The molecule has 0 amide bonds. The van der Waals surface area contributed by atoms with Crippen LogP contribution in [0.15, 0.2) is 23.4 Å². The molecule has 1 aliphatic heterocycles. The van der Waals surface area contributed by atoms with Crippen molar-refractivity contribution in [1.29, 1.82) is 0 Å². The molecule has 8 nitrogen and oxygen atoms in total. The van der Waals surface area contributed by atoms with Crippen molar-refractivity contribution in [2.45, 2.75) is 18.4 Å². The largest absolute Gasteiger partial charge is 0.454 e. The van der Waals surface area contributed by atoms with E-state index in [9.17, 15) is 8.42 Å². The van der Waals surface area contributed by atoms with Gasteiger partial charge >= 0.3 is 0 Å². The molecule has 0 unspecified atom stereocenters. The van der Waals surface area contributed by atoms with E-state index < -0.39 is 10.0 Å². The molecule has 112 valence electrons. The van der Waals surface area contributed by atoms with E-state index in [1.807, 2.05) is 6.92 Å². The van der Waals surface area contributed by atoms with E-state index in [2.05, 4.69) is 14.7 Å². The van der Waals surface area contributed by atoms with E-state index >= 15 is 0 Å². The van der Waals surface area contributed by atoms with E-state index in [4.69, 9.17) is 15.2 Å². The predicted octanol–water partition coefficient (Wildman–Crippen LogP) is 1.08. The van der Waals surface area contributed by atoms with Gasteiger partial charge in [0, 0.05) is 18.6 Å². The standard InChI is InChI=1S/C12H14N4O4S/c1-2-11-14-5-12(15-11)21(17,18)16-8-4-10-9(3-7(8)13)19-6-20-10/h3-5,16H,2,6,13H2,1H3,(H,14,15). The van der Waals surface area contributed by atoms with Crippen LogP contribution in [0.25, 0.3) is 0 Å². The maximum atomic E-state index is 12.3. The van der Waals surface area contributed by atoms with Crippen LogP contribution < -0.4 is 19.9 Å². The molecule has 0 bridgehead atoms. The number of nitrogen functional groups attached to an aromatic ring is 1.